The minimum atomic E-state index is -0.115. The van der Waals surface area contributed by atoms with E-state index in [1.165, 1.54) is 5.56 Å². The van der Waals surface area contributed by atoms with Crippen LogP contribution in [0.15, 0.2) is 28.7 Å². The number of ether oxygens (including phenoxy) is 1. The highest BCUT2D eigenvalue weighted by Gasteiger charge is 2.32. The molecule has 2 atom stereocenters. The minimum Gasteiger partial charge on any atom is -0.374 e. The molecule has 1 rings (SSSR count). The summed E-state index contributed by atoms with van der Waals surface area (Å²) in [6.45, 7) is 7.18. The van der Waals surface area contributed by atoms with Gasteiger partial charge in [-0.2, -0.15) is 0 Å². The lowest BCUT2D eigenvalue weighted by Crippen LogP contribution is -2.50. The number of benzene rings is 1. The Labute approximate surface area is 119 Å². The van der Waals surface area contributed by atoms with Gasteiger partial charge < -0.3 is 10.1 Å². The molecule has 0 aliphatic heterocycles. The third-order valence-electron chi connectivity index (χ3n) is 3.61. The van der Waals surface area contributed by atoms with Crippen molar-refractivity contribution in [1.29, 1.82) is 0 Å². The zero-order chi connectivity index (χ0) is 13.6. The van der Waals surface area contributed by atoms with Crippen molar-refractivity contribution in [3.63, 3.8) is 0 Å². The molecule has 1 aromatic rings. The van der Waals surface area contributed by atoms with Gasteiger partial charge in [-0.05, 0) is 51.4 Å². The molecule has 2 unspecified atom stereocenters. The molecule has 3 heteroatoms. The van der Waals surface area contributed by atoms with Gasteiger partial charge in [-0.25, -0.2) is 0 Å². The van der Waals surface area contributed by atoms with Crippen LogP contribution in [0.25, 0.3) is 0 Å². The third kappa shape index (κ3) is 4.08. The van der Waals surface area contributed by atoms with Crippen molar-refractivity contribution in [3.8, 4) is 0 Å². The maximum atomic E-state index is 5.96. The van der Waals surface area contributed by atoms with Gasteiger partial charge in [-0.1, -0.05) is 35.0 Å². The van der Waals surface area contributed by atoms with Crippen LogP contribution in [0.2, 0.25) is 0 Å². The zero-order valence-electron chi connectivity index (χ0n) is 11.8. The highest BCUT2D eigenvalue weighted by atomic mass is 79.9. The second-order valence-electron chi connectivity index (χ2n) is 4.77. The summed E-state index contributed by atoms with van der Waals surface area (Å²) in [6, 6.07) is 8.83. The fraction of sp³-hybridized carbons (Fsp3) is 0.600. The van der Waals surface area contributed by atoms with Crippen molar-refractivity contribution in [3.05, 3.63) is 34.3 Å². The molecule has 0 heterocycles. The van der Waals surface area contributed by atoms with E-state index in [0.717, 1.165) is 23.9 Å². The van der Waals surface area contributed by atoms with Crippen LogP contribution in [0.5, 0.6) is 0 Å². The molecular formula is C15H24BrNO. The molecule has 102 valence electrons. The van der Waals surface area contributed by atoms with Crippen LogP contribution in [0.4, 0.5) is 0 Å². The van der Waals surface area contributed by atoms with Crippen molar-refractivity contribution < 1.29 is 4.74 Å². The molecule has 1 aromatic carbocycles. The summed E-state index contributed by atoms with van der Waals surface area (Å²) in [5, 5.41) is 3.40. The van der Waals surface area contributed by atoms with Crippen molar-refractivity contribution in [2.75, 3.05) is 13.7 Å². The first kappa shape index (κ1) is 15.7. The topological polar surface area (TPSA) is 21.3 Å². The number of rotatable bonds is 7. The molecular weight excluding hydrogens is 290 g/mol. The SMILES string of the molecule is CCOC(C)(CC)C(Cc1ccc(Br)cc1)NC. The Morgan fingerprint density at radius 3 is 2.33 bits per heavy atom. The lowest BCUT2D eigenvalue weighted by molar-refractivity contribution is -0.0534. The van der Waals surface area contributed by atoms with Crippen LogP contribution in [-0.2, 0) is 11.2 Å². The molecule has 0 aliphatic carbocycles. The van der Waals surface area contributed by atoms with E-state index in [1.54, 1.807) is 0 Å². The average molecular weight is 314 g/mol. The average Bonchev–Trinajstić information content (AvgIpc) is 2.38. The summed E-state index contributed by atoms with van der Waals surface area (Å²) in [5.74, 6) is 0. The van der Waals surface area contributed by atoms with Crippen LogP contribution in [0, 0.1) is 0 Å². The molecule has 1 N–H and O–H groups in total. The van der Waals surface area contributed by atoms with Crippen LogP contribution in [0.1, 0.15) is 32.8 Å². The third-order valence-corrected chi connectivity index (χ3v) is 4.14. The van der Waals surface area contributed by atoms with Crippen molar-refractivity contribution in [1.82, 2.24) is 5.32 Å². The van der Waals surface area contributed by atoms with E-state index in [-0.39, 0.29) is 5.60 Å². The summed E-state index contributed by atoms with van der Waals surface area (Å²) >= 11 is 3.47. The smallest absolute Gasteiger partial charge is 0.0807 e. The largest absolute Gasteiger partial charge is 0.374 e. The fourth-order valence-corrected chi connectivity index (χ4v) is 2.52. The van der Waals surface area contributed by atoms with E-state index in [1.807, 2.05) is 7.05 Å². The molecule has 0 radical (unpaired) electrons. The summed E-state index contributed by atoms with van der Waals surface area (Å²) in [6.07, 6.45) is 1.98. The standard InChI is InChI=1S/C15H24BrNO/c1-5-15(3,18-6-2)14(17-4)11-12-7-9-13(16)10-8-12/h7-10,14,17H,5-6,11H2,1-4H3. The second-order valence-corrected chi connectivity index (χ2v) is 5.69. The number of likely N-dealkylation sites (N-methyl/N-ethyl adjacent to an activating group) is 1. The quantitative estimate of drug-likeness (QED) is 0.827. The Kier molecular flexibility index (Phi) is 6.33. The zero-order valence-corrected chi connectivity index (χ0v) is 13.4. The van der Waals surface area contributed by atoms with E-state index in [2.05, 4.69) is 66.3 Å². The van der Waals surface area contributed by atoms with Crippen LogP contribution in [-0.4, -0.2) is 25.3 Å². The second kappa shape index (κ2) is 7.27. The van der Waals surface area contributed by atoms with Gasteiger partial charge in [0.05, 0.1) is 5.60 Å². The van der Waals surface area contributed by atoms with E-state index < -0.39 is 0 Å². The van der Waals surface area contributed by atoms with Crippen molar-refractivity contribution >= 4 is 15.9 Å². The molecule has 0 aliphatic rings. The minimum absolute atomic E-state index is 0.115. The number of hydrogen-bond acceptors (Lipinski definition) is 2. The Bertz CT molecular complexity index is 352. The number of hydrogen-bond donors (Lipinski definition) is 1. The van der Waals surface area contributed by atoms with Crippen molar-refractivity contribution in [2.24, 2.45) is 0 Å². The van der Waals surface area contributed by atoms with Gasteiger partial charge in [-0.3, -0.25) is 0 Å². The van der Waals surface area contributed by atoms with E-state index in [9.17, 15) is 0 Å². The Balaban J connectivity index is 2.79. The van der Waals surface area contributed by atoms with Gasteiger partial charge in [-0.15, -0.1) is 0 Å². The molecule has 0 fully saturated rings. The van der Waals surface area contributed by atoms with Gasteiger partial charge in [0, 0.05) is 17.1 Å². The van der Waals surface area contributed by atoms with E-state index >= 15 is 0 Å². The van der Waals surface area contributed by atoms with Gasteiger partial charge >= 0.3 is 0 Å². The molecule has 0 saturated heterocycles. The highest BCUT2D eigenvalue weighted by molar-refractivity contribution is 9.10. The van der Waals surface area contributed by atoms with Crippen molar-refractivity contribution in [2.45, 2.75) is 45.3 Å². The molecule has 2 nitrogen and oxygen atoms in total. The Hall–Kier alpha value is -0.380. The lowest BCUT2D eigenvalue weighted by atomic mass is 9.88. The number of halogens is 1. The molecule has 18 heavy (non-hydrogen) atoms. The summed E-state index contributed by atoms with van der Waals surface area (Å²) in [5.41, 5.74) is 1.22. The maximum absolute atomic E-state index is 5.96. The molecule has 0 saturated carbocycles. The van der Waals surface area contributed by atoms with Gasteiger partial charge in [0.15, 0.2) is 0 Å². The summed E-state index contributed by atoms with van der Waals surface area (Å²) in [4.78, 5) is 0. The fourth-order valence-electron chi connectivity index (χ4n) is 2.26. The van der Waals surface area contributed by atoms with Gasteiger partial charge in [0.25, 0.3) is 0 Å². The number of nitrogens with one attached hydrogen (secondary N) is 1. The highest BCUT2D eigenvalue weighted by Crippen LogP contribution is 2.23. The predicted molar refractivity (Wildman–Crippen MR) is 81.0 cm³/mol. The van der Waals surface area contributed by atoms with E-state index in [4.69, 9.17) is 4.74 Å². The first-order chi connectivity index (χ1) is 8.55. The molecule has 0 bridgehead atoms. The monoisotopic (exact) mass is 313 g/mol. The predicted octanol–water partition coefficient (Wildman–Crippen LogP) is 3.78. The summed E-state index contributed by atoms with van der Waals surface area (Å²) in [7, 11) is 2.01. The lowest BCUT2D eigenvalue weighted by Gasteiger charge is -2.37. The van der Waals surface area contributed by atoms with Crippen LogP contribution in [0.3, 0.4) is 0 Å². The summed E-state index contributed by atoms with van der Waals surface area (Å²) < 4.78 is 7.08. The molecule has 0 spiro atoms. The Morgan fingerprint density at radius 2 is 1.89 bits per heavy atom. The van der Waals surface area contributed by atoms with Crippen LogP contribution < -0.4 is 5.32 Å². The normalized spacial score (nSPS) is 16.3. The maximum Gasteiger partial charge on any atom is 0.0807 e. The van der Waals surface area contributed by atoms with E-state index in [0.29, 0.717) is 6.04 Å². The van der Waals surface area contributed by atoms with Gasteiger partial charge in [0.1, 0.15) is 0 Å². The van der Waals surface area contributed by atoms with Crippen LogP contribution >= 0.6 is 15.9 Å². The first-order valence-corrected chi connectivity index (χ1v) is 7.40. The first-order valence-electron chi connectivity index (χ1n) is 6.61. The Morgan fingerprint density at radius 1 is 1.28 bits per heavy atom. The molecule has 0 aromatic heterocycles. The molecule has 0 amide bonds. The van der Waals surface area contributed by atoms with Gasteiger partial charge in [0.2, 0.25) is 0 Å².